The molecule has 0 radical (unpaired) electrons. The van der Waals surface area contributed by atoms with Gasteiger partial charge in [0, 0.05) is 25.7 Å². The Morgan fingerprint density at radius 2 is 1.75 bits per heavy atom. The summed E-state index contributed by atoms with van der Waals surface area (Å²) in [5.41, 5.74) is 1.08. The number of benzene rings is 2. The minimum absolute atomic E-state index is 0.0932. The summed E-state index contributed by atoms with van der Waals surface area (Å²) in [5.74, 6) is 0.711. The average molecular weight is 407 g/mol. The maximum Gasteiger partial charge on any atom is 0.293 e. The molecule has 2 aromatic rings. The molecule has 0 atom stereocenters. The summed E-state index contributed by atoms with van der Waals surface area (Å²) in [6.45, 7) is 6.65. The van der Waals surface area contributed by atoms with Gasteiger partial charge in [-0.15, -0.1) is 0 Å². The highest BCUT2D eigenvalue weighted by molar-refractivity contribution is 7.89. The van der Waals surface area contributed by atoms with Gasteiger partial charge >= 0.3 is 0 Å². The number of anilines is 1. The fourth-order valence-electron chi connectivity index (χ4n) is 2.67. The minimum atomic E-state index is -3.76. The van der Waals surface area contributed by atoms with Crippen molar-refractivity contribution in [1.82, 2.24) is 4.31 Å². The number of nitrogens with zero attached hydrogens (tertiary/aromatic N) is 2. The van der Waals surface area contributed by atoms with Crippen LogP contribution >= 0.6 is 0 Å². The van der Waals surface area contributed by atoms with Crippen molar-refractivity contribution in [3.63, 3.8) is 0 Å². The van der Waals surface area contributed by atoms with E-state index in [4.69, 9.17) is 4.74 Å². The molecule has 0 saturated heterocycles. The van der Waals surface area contributed by atoms with Gasteiger partial charge in [0.05, 0.1) is 9.82 Å². The summed E-state index contributed by atoms with van der Waals surface area (Å²) in [6.07, 6.45) is 0. The number of hydrogen-bond donors (Lipinski definition) is 1. The van der Waals surface area contributed by atoms with Gasteiger partial charge in [0.1, 0.15) is 18.0 Å². The van der Waals surface area contributed by atoms with E-state index < -0.39 is 14.9 Å². The van der Waals surface area contributed by atoms with Crippen LogP contribution < -0.4 is 10.1 Å². The molecule has 0 aromatic heterocycles. The lowest BCUT2D eigenvalue weighted by molar-refractivity contribution is -0.384. The van der Waals surface area contributed by atoms with E-state index in [-0.39, 0.29) is 16.3 Å². The molecule has 2 rings (SSSR count). The molecule has 152 valence electrons. The number of nitro benzene ring substituents is 1. The molecule has 0 unspecified atom stereocenters. The summed E-state index contributed by atoms with van der Waals surface area (Å²) in [4.78, 5) is 10.7. The molecule has 28 heavy (non-hydrogen) atoms. The van der Waals surface area contributed by atoms with E-state index in [0.29, 0.717) is 32.0 Å². The molecule has 0 aliphatic carbocycles. The Labute approximate surface area is 165 Å². The van der Waals surface area contributed by atoms with Gasteiger partial charge in [0.2, 0.25) is 10.0 Å². The molecule has 0 heterocycles. The van der Waals surface area contributed by atoms with Gasteiger partial charge in [0.15, 0.2) is 0 Å². The van der Waals surface area contributed by atoms with Gasteiger partial charge in [0.25, 0.3) is 5.69 Å². The van der Waals surface area contributed by atoms with Crippen LogP contribution in [0.5, 0.6) is 5.75 Å². The molecule has 0 bridgehead atoms. The zero-order valence-corrected chi connectivity index (χ0v) is 17.0. The summed E-state index contributed by atoms with van der Waals surface area (Å²) in [7, 11) is -3.76. The van der Waals surface area contributed by atoms with Crippen LogP contribution in [0.1, 0.15) is 19.4 Å². The second-order valence-electron chi connectivity index (χ2n) is 6.11. The van der Waals surface area contributed by atoms with Gasteiger partial charge in [-0.3, -0.25) is 10.1 Å². The van der Waals surface area contributed by atoms with E-state index >= 15 is 0 Å². The largest absolute Gasteiger partial charge is 0.492 e. The predicted molar refractivity (Wildman–Crippen MR) is 108 cm³/mol. The number of sulfonamides is 1. The van der Waals surface area contributed by atoms with Crippen LogP contribution in [-0.2, 0) is 10.0 Å². The summed E-state index contributed by atoms with van der Waals surface area (Å²) in [5, 5.41) is 14.4. The lowest BCUT2D eigenvalue weighted by Crippen LogP contribution is -2.30. The first-order valence-corrected chi connectivity index (χ1v) is 10.5. The predicted octanol–water partition coefficient (Wildman–Crippen LogP) is 3.42. The molecule has 0 aliphatic rings. The Kier molecular flexibility index (Phi) is 7.36. The number of rotatable bonds is 10. The highest BCUT2D eigenvalue weighted by atomic mass is 32.2. The van der Waals surface area contributed by atoms with Crippen LogP contribution in [-0.4, -0.2) is 43.9 Å². The molecule has 0 fully saturated rings. The summed E-state index contributed by atoms with van der Waals surface area (Å²) < 4.78 is 32.0. The van der Waals surface area contributed by atoms with Crippen molar-refractivity contribution in [3.05, 3.63) is 58.1 Å². The molecular formula is C19H25N3O5S. The molecular weight excluding hydrogens is 382 g/mol. The van der Waals surface area contributed by atoms with Crippen molar-refractivity contribution in [2.45, 2.75) is 25.7 Å². The van der Waals surface area contributed by atoms with Gasteiger partial charge < -0.3 is 10.1 Å². The van der Waals surface area contributed by atoms with Gasteiger partial charge in [-0.05, 0) is 31.2 Å². The standard InChI is InChI=1S/C19H25N3O5S/c1-4-21(5-2)28(25,26)17-10-11-18(19(14-17)22(23)24)20-12-13-27-16-8-6-15(3)7-9-16/h6-11,14,20H,4-5,12-13H2,1-3H3. The first-order chi connectivity index (χ1) is 13.3. The van der Waals surface area contributed by atoms with E-state index in [9.17, 15) is 18.5 Å². The molecule has 8 nitrogen and oxygen atoms in total. The van der Waals surface area contributed by atoms with E-state index in [1.54, 1.807) is 13.8 Å². The van der Waals surface area contributed by atoms with Gasteiger partial charge in [-0.25, -0.2) is 8.42 Å². The number of aryl methyl sites for hydroxylation is 1. The van der Waals surface area contributed by atoms with Gasteiger partial charge in [-0.2, -0.15) is 4.31 Å². The number of nitrogens with one attached hydrogen (secondary N) is 1. The Bertz CT molecular complexity index is 910. The van der Waals surface area contributed by atoms with E-state index in [1.807, 2.05) is 31.2 Å². The maximum atomic E-state index is 12.6. The first-order valence-electron chi connectivity index (χ1n) is 9.01. The van der Waals surface area contributed by atoms with E-state index in [1.165, 1.54) is 16.4 Å². The zero-order valence-electron chi connectivity index (χ0n) is 16.2. The van der Waals surface area contributed by atoms with Crippen molar-refractivity contribution in [1.29, 1.82) is 0 Å². The average Bonchev–Trinajstić information content (AvgIpc) is 2.67. The Morgan fingerprint density at radius 1 is 1.11 bits per heavy atom. The monoisotopic (exact) mass is 407 g/mol. The molecule has 1 N–H and O–H groups in total. The Morgan fingerprint density at radius 3 is 2.32 bits per heavy atom. The van der Waals surface area contributed by atoms with Crippen molar-refractivity contribution < 1.29 is 18.1 Å². The third-order valence-corrected chi connectivity index (χ3v) is 6.26. The molecule has 0 amide bonds. The molecule has 9 heteroatoms. The molecule has 2 aromatic carbocycles. The fraction of sp³-hybridized carbons (Fsp3) is 0.368. The number of hydrogen-bond acceptors (Lipinski definition) is 6. The van der Waals surface area contributed by atoms with Crippen LogP contribution in [0.2, 0.25) is 0 Å². The van der Waals surface area contributed by atoms with Crippen molar-refractivity contribution >= 4 is 21.4 Å². The Balaban J connectivity index is 2.10. The van der Waals surface area contributed by atoms with Crippen LogP contribution in [0.25, 0.3) is 0 Å². The van der Waals surface area contributed by atoms with Crippen LogP contribution in [0.4, 0.5) is 11.4 Å². The molecule has 0 saturated carbocycles. The van der Waals surface area contributed by atoms with Crippen molar-refractivity contribution in [3.8, 4) is 5.75 Å². The van der Waals surface area contributed by atoms with Crippen LogP contribution in [0.15, 0.2) is 47.4 Å². The van der Waals surface area contributed by atoms with Gasteiger partial charge in [-0.1, -0.05) is 31.5 Å². The van der Waals surface area contributed by atoms with Crippen molar-refractivity contribution in [2.24, 2.45) is 0 Å². The van der Waals surface area contributed by atoms with E-state index in [0.717, 1.165) is 11.6 Å². The maximum absolute atomic E-state index is 12.6. The number of ether oxygens (including phenoxy) is 1. The third kappa shape index (κ3) is 5.20. The highest BCUT2D eigenvalue weighted by Crippen LogP contribution is 2.29. The highest BCUT2D eigenvalue weighted by Gasteiger charge is 2.25. The number of nitro groups is 1. The fourth-order valence-corrected chi connectivity index (χ4v) is 4.15. The normalized spacial score (nSPS) is 11.4. The lowest BCUT2D eigenvalue weighted by atomic mass is 10.2. The van der Waals surface area contributed by atoms with Crippen LogP contribution in [0.3, 0.4) is 0 Å². The second kappa shape index (κ2) is 9.52. The molecule has 0 spiro atoms. The van der Waals surface area contributed by atoms with Crippen LogP contribution in [0, 0.1) is 17.0 Å². The quantitative estimate of drug-likeness (QED) is 0.368. The minimum Gasteiger partial charge on any atom is -0.492 e. The first kappa shape index (κ1) is 21.6. The zero-order chi connectivity index (χ0) is 20.7. The van der Waals surface area contributed by atoms with E-state index in [2.05, 4.69) is 5.32 Å². The topological polar surface area (TPSA) is 102 Å². The second-order valence-corrected chi connectivity index (χ2v) is 8.05. The summed E-state index contributed by atoms with van der Waals surface area (Å²) in [6, 6.07) is 11.5. The Hall–Kier alpha value is -2.65. The lowest BCUT2D eigenvalue weighted by Gasteiger charge is -2.18. The SMILES string of the molecule is CCN(CC)S(=O)(=O)c1ccc(NCCOc2ccc(C)cc2)c([N+](=O)[O-])c1. The van der Waals surface area contributed by atoms with Crippen molar-refractivity contribution in [2.75, 3.05) is 31.6 Å². The third-order valence-electron chi connectivity index (χ3n) is 4.22. The summed E-state index contributed by atoms with van der Waals surface area (Å²) >= 11 is 0. The molecule has 0 aliphatic heterocycles. The smallest absolute Gasteiger partial charge is 0.293 e.